The molecule has 1 aromatic carbocycles. The Kier molecular flexibility index (Phi) is 4.81. The summed E-state index contributed by atoms with van der Waals surface area (Å²) >= 11 is 0. The van der Waals surface area contributed by atoms with Gasteiger partial charge in [0.15, 0.2) is 5.76 Å². The van der Waals surface area contributed by atoms with E-state index < -0.39 is 11.9 Å². The molecule has 0 amide bonds. The molecular weight excluding hydrogens is 312 g/mol. The van der Waals surface area contributed by atoms with Gasteiger partial charge in [-0.3, -0.25) is 0 Å². The highest BCUT2D eigenvalue weighted by molar-refractivity contribution is 5.42. The van der Waals surface area contributed by atoms with E-state index in [0.717, 1.165) is 16.7 Å². The van der Waals surface area contributed by atoms with Gasteiger partial charge in [0, 0.05) is 0 Å². The molecule has 2 heterocycles. The van der Waals surface area contributed by atoms with E-state index in [1.807, 2.05) is 24.3 Å². The Bertz CT molecular complexity index is 835. The molecule has 0 radical (unpaired) electrons. The van der Waals surface area contributed by atoms with Crippen LogP contribution in [0.15, 0.2) is 56.3 Å². The van der Waals surface area contributed by atoms with E-state index in [1.165, 1.54) is 6.26 Å². The van der Waals surface area contributed by atoms with Gasteiger partial charge in [-0.1, -0.05) is 19.1 Å². The summed E-state index contributed by atoms with van der Waals surface area (Å²) in [7, 11) is 0. The third-order valence-corrected chi connectivity index (χ3v) is 3.47. The van der Waals surface area contributed by atoms with Crippen molar-refractivity contribution in [3.8, 4) is 17.4 Å². The van der Waals surface area contributed by atoms with Crippen molar-refractivity contribution in [2.24, 2.45) is 0 Å². The van der Waals surface area contributed by atoms with Crippen LogP contribution in [0.2, 0.25) is 0 Å². The molecule has 0 unspecified atom stereocenters. The number of aliphatic hydroxyl groups excluding tert-OH is 1. The first-order chi connectivity index (χ1) is 11.7. The lowest BCUT2D eigenvalue weighted by Crippen LogP contribution is -2.29. The Morgan fingerprint density at radius 1 is 1.33 bits per heavy atom. The molecule has 126 valence electrons. The van der Waals surface area contributed by atoms with Gasteiger partial charge in [0.2, 0.25) is 0 Å². The van der Waals surface area contributed by atoms with Crippen molar-refractivity contribution in [1.29, 1.82) is 0 Å². The van der Waals surface area contributed by atoms with Gasteiger partial charge in [0.1, 0.15) is 18.5 Å². The Labute approximate surface area is 138 Å². The van der Waals surface area contributed by atoms with Crippen LogP contribution in [-0.2, 0) is 13.0 Å². The second kappa shape index (κ2) is 7.18. The molecule has 24 heavy (non-hydrogen) atoms. The number of nitrogens with zero attached hydrogens (tertiary/aromatic N) is 2. The van der Waals surface area contributed by atoms with E-state index in [2.05, 4.69) is 12.0 Å². The van der Waals surface area contributed by atoms with Crippen molar-refractivity contribution in [2.45, 2.75) is 26.0 Å². The highest BCUT2D eigenvalue weighted by Crippen LogP contribution is 2.16. The van der Waals surface area contributed by atoms with Crippen LogP contribution in [0.1, 0.15) is 12.5 Å². The standard InChI is InChI=1S/C17H18N2O5/c1-2-12-5-3-6-14(9-12)23-11-13(20)10-19-17(21)24-16(18-19)15-7-4-8-22-15/h3-9,13,20H,2,10-11H2,1H3/t13-/m0/s1. The minimum atomic E-state index is -0.900. The van der Waals surface area contributed by atoms with Crippen LogP contribution in [0, 0.1) is 0 Å². The quantitative estimate of drug-likeness (QED) is 0.713. The smallest absolute Gasteiger partial charge is 0.437 e. The molecule has 0 fully saturated rings. The lowest BCUT2D eigenvalue weighted by Gasteiger charge is -2.12. The Morgan fingerprint density at radius 2 is 2.21 bits per heavy atom. The van der Waals surface area contributed by atoms with Crippen molar-refractivity contribution in [3.05, 3.63) is 58.8 Å². The highest BCUT2D eigenvalue weighted by Gasteiger charge is 2.15. The van der Waals surface area contributed by atoms with Crippen LogP contribution in [0.25, 0.3) is 11.7 Å². The van der Waals surface area contributed by atoms with Crippen LogP contribution >= 0.6 is 0 Å². The van der Waals surface area contributed by atoms with Crippen molar-refractivity contribution < 1.29 is 18.7 Å². The molecule has 7 nitrogen and oxygen atoms in total. The first kappa shape index (κ1) is 16.1. The van der Waals surface area contributed by atoms with E-state index in [9.17, 15) is 9.90 Å². The monoisotopic (exact) mass is 330 g/mol. The van der Waals surface area contributed by atoms with E-state index in [0.29, 0.717) is 11.5 Å². The van der Waals surface area contributed by atoms with Crippen LogP contribution in [-0.4, -0.2) is 27.6 Å². The Balaban J connectivity index is 1.60. The van der Waals surface area contributed by atoms with E-state index in [1.54, 1.807) is 12.1 Å². The van der Waals surface area contributed by atoms with Gasteiger partial charge in [-0.05, 0) is 36.2 Å². The molecule has 0 aliphatic heterocycles. The molecule has 0 aliphatic rings. The van der Waals surface area contributed by atoms with Gasteiger partial charge in [0.25, 0.3) is 5.89 Å². The van der Waals surface area contributed by atoms with Crippen LogP contribution < -0.4 is 10.5 Å². The summed E-state index contributed by atoms with van der Waals surface area (Å²) in [6.45, 7) is 2.07. The van der Waals surface area contributed by atoms with Gasteiger partial charge in [-0.2, -0.15) is 4.68 Å². The molecule has 0 bridgehead atoms. The minimum absolute atomic E-state index is 0.0312. The number of hydrogen-bond donors (Lipinski definition) is 1. The molecule has 0 saturated heterocycles. The molecule has 1 atom stereocenters. The van der Waals surface area contributed by atoms with Gasteiger partial charge < -0.3 is 18.7 Å². The number of aryl methyl sites for hydroxylation is 1. The van der Waals surface area contributed by atoms with E-state index >= 15 is 0 Å². The zero-order chi connectivity index (χ0) is 16.9. The summed E-state index contributed by atoms with van der Waals surface area (Å²) in [4.78, 5) is 11.8. The molecule has 3 rings (SSSR count). The van der Waals surface area contributed by atoms with Crippen molar-refractivity contribution in [1.82, 2.24) is 9.78 Å². The second-order valence-electron chi connectivity index (χ2n) is 5.30. The lowest BCUT2D eigenvalue weighted by molar-refractivity contribution is 0.0875. The summed E-state index contributed by atoms with van der Waals surface area (Å²) in [5.74, 6) is 0.451. The van der Waals surface area contributed by atoms with E-state index in [4.69, 9.17) is 13.6 Å². The molecule has 1 N–H and O–H groups in total. The number of rotatable bonds is 7. The van der Waals surface area contributed by atoms with E-state index in [-0.39, 0.29) is 19.0 Å². The van der Waals surface area contributed by atoms with Gasteiger partial charge in [-0.15, -0.1) is 5.10 Å². The zero-order valence-corrected chi connectivity index (χ0v) is 13.2. The van der Waals surface area contributed by atoms with Crippen molar-refractivity contribution in [3.63, 3.8) is 0 Å². The van der Waals surface area contributed by atoms with Crippen LogP contribution in [0.5, 0.6) is 5.75 Å². The maximum atomic E-state index is 11.8. The van der Waals surface area contributed by atoms with Crippen LogP contribution in [0.3, 0.4) is 0 Å². The third kappa shape index (κ3) is 3.75. The largest absolute Gasteiger partial charge is 0.491 e. The fraction of sp³-hybridized carbons (Fsp3) is 0.294. The molecule has 0 spiro atoms. The van der Waals surface area contributed by atoms with Crippen molar-refractivity contribution in [2.75, 3.05) is 6.61 Å². The molecule has 2 aromatic heterocycles. The summed E-state index contributed by atoms with van der Waals surface area (Å²) in [6.07, 6.45) is 1.47. The lowest BCUT2D eigenvalue weighted by atomic mass is 10.2. The number of aliphatic hydroxyl groups is 1. The topological polar surface area (TPSA) is 90.6 Å². The number of hydrogen-bond acceptors (Lipinski definition) is 6. The maximum Gasteiger partial charge on any atom is 0.437 e. The predicted octanol–water partition coefficient (Wildman–Crippen LogP) is 2.10. The molecule has 0 saturated carbocycles. The average molecular weight is 330 g/mol. The SMILES string of the molecule is CCc1cccc(OC[C@@H](O)Cn2nc(-c3ccco3)oc2=O)c1. The Morgan fingerprint density at radius 3 is 2.96 bits per heavy atom. The van der Waals surface area contributed by atoms with Gasteiger partial charge in [0.05, 0.1) is 12.8 Å². The summed E-state index contributed by atoms with van der Waals surface area (Å²) in [5, 5.41) is 14.1. The first-order valence-electron chi connectivity index (χ1n) is 7.67. The van der Waals surface area contributed by atoms with Gasteiger partial charge >= 0.3 is 5.76 Å². The summed E-state index contributed by atoms with van der Waals surface area (Å²) < 4.78 is 16.7. The van der Waals surface area contributed by atoms with Crippen molar-refractivity contribution >= 4 is 0 Å². The fourth-order valence-corrected chi connectivity index (χ4v) is 2.22. The first-order valence-corrected chi connectivity index (χ1v) is 7.67. The molecule has 7 heteroatoms. The number of furan rings is 1. The normalized spacial score (nSPS) is 12.2. The maximum absolute atomic E-state index is 11.8. The Hall–Kier alpha value is -2.80. The molecule has 3 aromatic rings. The average Bonchev–Trinajstić information content (AvgIpc) is 3.24. The highest BCUT2D eigenvalue weighted by atomic mass is 16.5. The second-order valence-corrected chi connectivity index (χ2v) is 5.30. The third-order valence-electron chi connectivity index (χ3n) is 3.47. The number of aromatic nitrogens is 2. The summed E-state index contributed by atoms with van der Waals surface area (Å²) in [6, 6.07) is 11.0. The number of ether oxygens (including phenoxy) is 1. The van der Waals surface area contributed by atoms with Gasteiger partial charge in [-0.25, -0.2) is 4.79 Å². The molecule has 0 aliphatic carbocycles. The van der Waals surface area contributed by atoms with Crippen LogP contribution in [0.4, 0.5) is 0 Å². The summed E-state index contributed by atoms with van der Waals surface area (Å²) in [5.41, 5.74) is 1.15. The zero-order valence-electron chi connectivity index (χ0n) is 13.2. The fourth-order valence-electron chi connectivity index (χ4n) is 2.22. The predicted molar refractivity (Wildman–Crippen MR) is 85.8 cm³/mol. The molecular formula is C17H18N2O5. The number of benzene rings is 1. The minimum Gasteiger partial charge on any atom is -0.491 e.